The minimum absolute atomic E-state index is 0.292. The van der Waals surface area contributed by atoms with Crippen molar-refractivity contribution in [2.75, 3.05) is 34.2 Å². The lowest BCUT2D eigenvalue weighted by Crippen LogP contribution is -2.42. The van der Waals surface area contributed by atoms with Crippen molar-refractivity contribution in [3.63, 3.8) is 0 Å². The molecule has 0 spiro atoms. The highest BCUT2D eigenvalue weighted by Crippen LogP contribution is 2.16. The van der Waals surface area contributed by atoms with Gasteiger partial charge in [0.05, 0.1) is 12.3 Å². The Morgan fingerprint density at radius 3 is 2.52 bits per heavy atom. The van der Waals surface area contributed by atoms with Crippen LogP contribution in [0.25, 0.3) is 0 Å². The Balaban J connectivity index is 1.83. The fraction of sp³-hybridized carbons (Fsp3) is 0.389. The molecule has 0 aliphatic heterocycles. The SMILES string of the molecule is CN=C(NCCc1ccco1)NCC(c1ccccc1)N(C)C. The summed E-state index contributed by atoms with van der Waals surface area (Å²) < 4.78 is 5.33. The first-order valence-corrected chi connectivity index (χ1v) is 7.89. The minimum atomic E-state index is 0.292. The molecule has 1 heterocycles. The third-order valence-corrected chi connectivity index (χ3v) is 3.74. The van der Waals surface area contributed by atoms with Gasteiger partial charge in [-0.05, 0) is 31.8 Å². The summed E-state index contributed by atoms with van der Waals surface area (Å²) in [4.78, 5) is 6.48. The molecule has 124 valence electrons. The summed E-state index contributed by atoms with van der Waals surface area (Å²) >= 11 is 0. The predicted octanol–water partition coefficient (Wildman–Crippen LogP) is 2.29. The molecule has 0 aliphatic rings. The first-order chi connectivity index (χ1) is 11.2. The molecule has 1 aromatic heterocycles. The molecule has 1 unspecified atom stereocenters. The average Bonchev–Trinajstić information content (AvgIpc) is 3.07. The summed E-state index contributed by atoms with van der Waals surface area (Å²) in [6.45, 7) is 1.57. The summed E-state index contributed by atoms with van der Waals surface area (Å²) in [5.74, 6) is 1.78. The van der Waals surface area contributed by atoms with E-state index in [9.17, 15) is 0 Å². The van der Waals surface area contributed by atoms with Crippen molar-refractivity contribution in [1.29, 1.82) is 0 Å². The Hall–Kier alpha value is -2.27. The van der Waals surface area contributed by atoms with E-state index in [0.717, 1.165) is 31.2 Å². The highest BCUT2D eigenvalue weighted by Gasteiger charge is 2.14. The van der Waals surface area contributed by atoms with Crippen LogP contribution in [0.15, 0.2) is 58.1 Å². The Morgan fingerprint density at radius 1 is 1.13 bits per heavy atom. The van der Waals surface area contributed by atoms with Crippen molar-refractivity contribution < 1.29 is 4.42 Å². The Bertz CT molecular complexity index is 578. The van der Waals surface area contributed by atoms with Crippen LogP contribution in [-0.4, -0.2) is 45.1 Å². The van der Waals surface area contributed by atoms with E-state index in [1.165, 1.54) is 5.56 Å². The number of furan rings is 1. The zero-order valence-electron chi connectivity index (χ0n) is 14.1. The quantitative estimate of drug-likeness (QED) is 0.608. The molecule has 1 atom stereocenters. The second-order valence-corrected chi connectivity index (χ2v) is 5.60. The van der Waals surface area contributed by atoms with Gasteiger partial charge in [0.15, 0.2) is 5.96 Å². The minimum Gasteiger partial charge on any atom is -0.469 e. The van der Waals surface area contributed by atoms with Gasteiger partial charge in [-0.25, -0.2) is 0 Å². The number of rotatable bonds is 7. The molecule has 2 rings (SSSR count). The molecule has 0 fully saturated rings. The van der Waals surface area contributed by atoms with Crippen LogP contribution in [0, 0.1) is 0 Å². The number of hydrogen-bond donors (Lipinski definition) is 2. The highest BCUT2D eigenvalue weighted by molar-refractivity contribution is 5.79. The fourth-order valence-electron chi connectivity index (χ4n) is 2.45. The standard InChI is InChI=1S/C18H26N4O/c1-19-18(20-12-11-16-10-7-13-23-16)21-14-17(22(2)3)15-8-5-4-6-9-15/h4-10,13,17H,11-12,14H2,1-3H3,(H2,19,20,21). The van der Waals surface area contributed by atoms with Crippen LogP contribution in [0.4, 0.5) is 0 Å². The molecular formula is C18H26N4O. The first-order valence-electron chi connectivity index (χ1n) is 7.89. The van der Waals surface area contributed by atoms with Gasteiger partial charge in [0.25, 0.3) is 0 Å². The molecule has 2 aromatic rings. The third kappa shape index (κ3) is 5.45. The van der Waals surface area contributed by atoms with Crippen LogP contribution in [-0.2, 0) is 6.42 Å². The van der Waals surface area contributed by atoms with Crippen molar-refractivity contribution in [2.45, 2.75) is 12.5 Å². The van der Waals surface area contributed by atoms with Gasteiger partial charge in [-0.1, -0.05) is 30.3 Å². The second-order valence-electron chi connectivity index (χ2n) is 5.60. The topological polar surface area (TPSA) is 52.8 Å². The summed E-state index contributed by atoms with van der Waals surface area (Å²) in [6, 6.07) is 14.7. The molecule has 0 amide bonds. The lowest BCUT2D eigenvalue weighted by molar-refractivity contribution is 0.298. The third-order valence-electron chi connectivity index (χ3n) is 3.74. The number of benzene rings is 1. The van der Waals surface area contributed by atoms with E-state index in [-0.39, 0.29) is 0 Å². The van der Waals surface area contributed by atoms with E-state index in [2.05, 4.69) is 58.9 Å². The molecule has 0 saturated heterocycles. The van der Waals surface area contributed by atoms with Crippen molar-refractivity contribution in [3.05, 3.63) is 60.1 Å². The van der Waals surface area contributed by atoms with Crippen LogP contribution in [0.1, 0.15) is 17.4 Å². The fourth-order valence-corrected chi connectivity index (χ4v) is 2.45. The number of likely N-dealkylation sites (N-methyl/N-ethyl adjacent to an activating group) is 1. The van der Waals surface area contributed by atoms with Crippen LogP contribution in [0.5, 0.6) is 0 Å². The van der Waals surface area contributed by atoms with Crippen LogP contribution >= 0.6 is 0 Å². The maximum atomic E-state index is 5.33. The molecule has 0 bridgehead atoms. The summed E-state index contributed by atoms with van der Waals surface area (Å²) in [6.07, 6.45) is 2.54. The maximum absolute atomic E-state index is 5.33. The van der Waals surface area contributed by atoms with Gasteiger partial charge < -0.3 is 20.0 Å². The number of nitrogens with one attached hydrogen (secondary N) is 2. The number of guanidine groups is 1. The van der Waals surface area contributed by atoms with Crippen molar-refractivity contribution >= 4 is 5.96 Å². The predicted molar refractivity (Wildman–Crippen MR) is 94.6 cm³/mol. The zero-order chi connectivity index (χ0) is 16.5. The second kappa shape index (κ2) is 9.00. The normalized spacial score (nSPS) is 13.1. The Labute approximate surface area is 138 Å². The highest BCUT2D eigenvalue weighted by atomic mass is 16.3. The van der Waals surface area contributed by atoms with Crippen molar-refractivity contribution in [3.8, 4) is 0 Å². The largest absolute Gasteiger partial charge is 0.469 e. The van der Waals surface area contributed by atoms with Gasteiger partial charge in [0.2, 0.25) is 0 Å². The van der Waals surface area contributed by atoms with E-state index in [0.29, 0.717) is 6.04 Å². The zero-order valence-corrected chi connectivity index (χ0v) is 14.1. The average molecular weight is 314 g/mol. The van der Waals surface area contributed by atoms with Crippen LogP contribution in [0.3, 0.4) is 0 Å². The summed E-state index contributed by atoms with van der Waals surface area (Å²) in [5.41, 5.74) is 1.29. The van der Waals surface area contributed by atoms with E-state index in [1.54, 1.807) is 13.3 Å². The lowest BCUT2D eigenvalue weighted by atomic mass is 10.1. The van der Waals surface area contributed by atoms with E-state index < -0.39 is 0 Å². The Morgan fingerprint density at radius 2 is 1.91 bits per heavy atom. The van der Waals surface area contributed by atoms with Crippen molar-refractivity contribution in [2.24, 2.45) is 4.99 Å². The van der Waals surface area contributed by atoms with Gasteiger partial charge in [-0.3, -0.25) is 4.99 Å². The summed E-state index contributed by atoms with van der Waals surface area (Å²) in [5, 5.41) is 6.71. The van der Waals surface area contributed by atoms with Gasteiger partial charge in [0.1, 0.15) is 5.76 Å². The molecule has 5 nitrogen and oxygen atoms in total. The Kier molecular flexibility index (Phi) is 6.69. The number of nitrogens with zero attached hydrogens (tertiary/aromatic N) is 2. The molecule has 2 N–H and O–H groups in total. The molecule has 1 aromatic carbocycles. The van der Waals surface area contributed by atoms with Crippen LogP contribution in [0.2, 0.25) is 0 Å². The summed E-state index contributed by atoms with van der Waals surface area (Å²) in [7, 11) is 5.97. The van der Waals surface area contributed by atoms with E-state index >= 15 is 0 Å². The molecule has 23 heavy (non-hydrogen) atoms. The van der Waals surface area contributed by atoms with Gasteiger partial charge in [-0.15, -0.1) is 0 Å². The monoisotopic (exact) mass is 314 g/mol. The molecular weight excluding hydrogens is 288 g/mol. The molecule has 0 saturated carbocycles. The van der Waals surface area contributed by atoms with E-state index in [1.807, 2.05) is 18.2 Å². The number of aliphatic imine (C=N–C) groups is 1. The van der Waals surface area contributed by atoms with Gasteiger partial charge >= 0.3 is 0 Å². The maximum Gasteiger partial charge on any atom is 0.191 e. The van der Waals surface area contributed by atoms with Gasteiger partial charge in [-0.2, -0.15) is 0 Å². The smallest absolute Gasteiger partial charge is 0.191 e. The molecule has 0 aliphatic carbocycles. The molecule has 0 radical (unpaired) electrons. The lowest BCUT2D eigenvalue weighted by Gasteiger charge is -2.26. The van der Waals surface area contributed by atoms with Gasteiger partial charge in [0, 0.05) is 26.6 Å². The van der Waals surface area contributed by atoms with E-state index in [4.69, 9.17) is 4.42 Å². The first kappa shape index (κ1) is 17.1. The van der Waals surface area contributed by atoms with Crippen molar-refractivity contribution in [1.82, 2.24) is 15.5 Å². The molecule has 5 heteroatoms. The van der Waals surface area contributed by atoms with Crippen LogP contribution < -0.4 is 10.6 Å². The number of hydrogen-bond acceptors (Lipinski definition) is 3.